The van der Waals surface area contributed by atoms with Crippen molar-refractivity contribution in [2.45, 2.75) is 13.5 Å². The molecule has 0 saturated carbocycles. The fourth-order valence-electron chi connectivity index (χ4n) is 2.07. The van der Waals surface area contributed by atoms with Crippen LogP contribution in [0.2, 0.25) is 0 Å². The van der Waals surface area contributed by atoms with E-state index in [0.717, 1.165) is 5.56 Å². The van der Waals surface area contributed by atoms with Gasteiger partial charge in [-0.3, -0.25) is 4.57 Å². The van der Waals surface area contributed by atoms with E-state index in [1.165, 1.54) is 0 Å². The second-order valence-corrected chi connectivity index (χ2v) is 5.16. The number of halogens is 1. The summed E-state index contributed by atoms with van der Waals surface area (Å²) in [6, 6.07) is 10.3. The number of anilines is 1. The number of nitrogens with two attached hydrogens (primary N) is 1. The maximum absolute atomic E-state index is 5.94. The van der Waals surface area contributed by atoms with Gasteiger partial charge in [-0.05, 0) is 28.4 Å². The summed E-state index contributed by atoms with van der Waals surface area (Å²) in [5.41, 5.74) is 8.31. The van der Waals surface area contributed by atoms with Gasteiger partial charge in [0.05, 0.1) is 13.2 Å². The predicted octanol–water partition coefficient (Wildman–Crippen LogP) is 2.62. The number of nitrogen functional groups attached to an aromatic ring is 1. The summed E-state index contributed by atoms with van der Waals surface area (Å²) in [5.74, 6) is 0.316. The molecule has 6 nitrogen and oxygen atoms in total. The van der Waals surface area contributed by atoms with Gasteiger partial charge in [-0.2, -0.15) is 9.97 Å². The van der Waals surface area contributed by atoms with E-state index in [9.17, 15) is 0 Å². The summed E-state index contributed by atoms with van der Waals surface area (Å²) in [5, 5.41) is 0. The van der Waals surface area contributed by atoms with Crippen molar-refractivity contribution in [3.05, 3.63) is 40.6 Å². The summed E-state index contributed by atoms with van der Waals surface area (Å²) >= 11 is 3.45. The molecule has 0 saturated heterocycles. The third-order valence-corrected chi connectivity index (χ3v) is 3.62. The van der Waals surface area contributed by atoms with Crippen molar-refractivity contribution in [3.8, 4) is 6.01 Å². The van der Waals surface area contributed by atoms with E-state index in [2.05, 4.69) is 30.9 Å². The van der Waals surface area contributed by atoms with Crippen LogP contribution >= 0.6 is 15.9 Å². The van der Waals surface area contributed by atoms with Crippen molar-refractivity contribution in [1.82, 2.24) is 19.5 Å². The number of ether oxygens (including phenoxy) is 1. The number of imidazole rings is 1. The Morgan fingerprint density at radius 3 is 2.67 bits per heavy atom. The van der Waals surface area contributed by atoms with E-state index in [1.807, 2.05) is 41.8 Å². The first-order valence-electron chi connectivity index (χ1n) is 6.55. The Morgan fingerprint density at radius 1 is 1.19 bits per heavy atom. The third-order valence-electron chi connectivity index (χ3n) is 3.01. The quantitative estimate of drug-likeness (QED) is 0.734. The van der Waals surface area contributed by atoms with Gasteiger partial charge in [0.2, 0.25) is 0 Å². The Balaban J connectivity index is 2.10. The average Bonchev–Trinajstić information content (AvgIpc) is 2.78. The minimum absolute atomic E-state index is 0.268. The lowest BCUT2D eigenvalue weighted by Gasteiger charge is -2.07. The van der Waals surface area contributed by atoms with Gasteiger partial charge in [0, 0.05) is 0 Å². The van der Waals surface area contributed by atoms with E-state index in [1.54, 1.807) is 0 Å². The Labute approximate surface area is 130 Å². The molecule has 108 valence electrons. The minimum Gasteiger partial charge on any atom is -0.464 e. The van der Waals surface area contributed by atoms with Crippen LogP contribution in [0.3, 0.4) is 0 Å². The Hall–Kier alpha value is -2.15. The Kier molecular flexibility index (Phi) is 3.74. The molecule has 0 atom stereocenters. The van der Waals surface area contributed by atoms with Crippen molar-refractivity contribution < 1.29 is 4.74 Å². The van der Waals surface area contributed by atoms with Crippen LogP contribution in [-0.4, -0.2) is 26.1 Å². The van der Waals surface area contributed by atoms with Crippen LogP contribution in [0.15, 0.2) is 35.1 Å². The molecule has 0 radical (unpaired) electrons. The fraction of sp³-hybridized carbons (Fsp3) is 0.214. The molecule has 0 spiro atoms. The van der Waals surface area contributed by atoms with Gasteiger partial charge in [0.15, 0.2) is 21.7 Å². The van der Waals surface area contributed by atoms with Crippen molar-refractivity contribution in [2.75, 3.05) is 12.3 Å². The molecular weight excluding hydrogens is 334 g/mol. The van der Waals surface area contributed by atoms with E-state index in [4.69, 9.17) is 10.5 Å². The van der Waals surface area contributed by atoms with Crippen LogP contribution in [0.1, 0.15) is 12.5 Å². The molecule has 0 aliphatic heterocycles. The number of rotatable bonds is 4. The lowest BCUT2D eigenvalue weighted by molar-refractivity contribution is 0.314. The maximum Gasteiger partial charge on any atom is 0.320 e. The smallest absolute Gasteiger partial charge is 0.320 e. The highest BCUT2D eigenvalue weighted by atomic mass is 79.9. The molecule has 0 unspecified atom stereocenters. The van der Waals surface area contributed by atoms with Crippen LogP contribution in [0, 0.1) is 0 Å². The molecular formula is C14H14BrN5O. The Bertz CT molecular complexity index is 772. The van der Waals surface area contributed by atoms with Gasteiger partial charge in [-0.15, -0.1) is 0 Å². The van der Waals surface area contributed by atoms with Gasteiger partial charge in [-0.25, -0.2) is 4.98 Å². The SMILES string of the molecule is CCOc1nc(N)c2nc(Br)n(Cc3ccccc3)c2n1. The number of hydrogen-bond donors (Lipinski definition) is 1. The lowest BCUT2D eigenvalue weighted by atomic mass is 10.2. The van der Waals surface area contributed by atoms with Gasteiger partial charge < -0.3 is 10.5 Å². The summed E-state index contributed by atoms with van der Waals surface area (Å²) in [6.45, 7) is 3.00. The molecule has 2 N–H and O–H groups in total. The minimum atomic E-state index is 0.268. The molecule has 3 aromatic rings. The number of hydrogen-bond acceptors (Lipinski definition) is 5. The monoisotopic (exact) mass is 347 g/mol. The lowest BCUT2D eigenvalue weighted by Crippen LogP contribution is -2.05. The van der Waals surface area contributed by atoms with Crippen molar-refractivity contribution in [3.63, 3.8) is 0 Å². The molecule has 0 aliphatic rings. The van der Waals surface area contributed by atoms with Crippen LogP contribution in [-0.2, 0) is 6.54 Å². The van der Waals surface area contributed by atoms with E-state index in [-0.39, 0.29) is 6.01 Å². The van der Waals surface area contributed by atoms with E-state index >= 15 is 0 Å². The highest BCUT2D eigenvalue weighted by molar-refractivity contribution is 9.10. The van der Waals surface area contributed by atoms with Crippen LogP contribution in [0.4, 0.5) is 5.82 Å². The summed E-state index contributed by atoms with van der Waals surface area (Å²) in [6.07, 6.45) is 0. The number of aromatic nitrogens is 4. The number of fused-ring (bicyclic) bond motifs is 1. The molecule has 0 fully saturated rings. The topological polar surface area (TPSA) is 78.9 Å². The first kappa shape index (κ1) is 13.8. The molecule has 2 aromatic heterocycles. The zero-order chi connectivity index (χ0) is 14.8. The molecule has 3 rings (SSSR count). The van der Waals surface area contributed by atoms with Crippen LogP contribution in [0.25, 0.3) is 11.2 Å². The zero-order valence-electron chi connectivity index (χ0n) is 11.5. The summed E-state index contributed by atoms with van der Waals surface area (Å²) in [7, 11) is 0. The largest absolute Gasteiger partial charge is 0.464 e. The molecule has 0 bridgehead atoms. The molecule has 7 heteroatoms. The second-order valence-electron chi connectivity index (χ2n) is 4.45. The highest BCUT2D eigenvalue weighted by Gasteiger charge is 2.16. The van der Waals surface area contributed by atoms with Gasteiger partial charge >= 0.3 is 6.01 Å². The zero-order valence-corrected chi connectivity index (χ0v) is 13.0. The number of benzene rings is 1. The van der Waals surface area contributed by atoms with Crippen molar-refractivity contribution in [1.29, 1.82) is 0 Å². The Morgan fingerprint density at radius 2 is 1.95 bits per heavy atom. The van der Waals surface area contributed by atoms with E-state index in [0.29, 0.717) is 34.9 Å². The first-order chi connectivity index (χ1) is 10.2. The van der Waals surface area contributed by atoms with Crippen LogP contribution < -0.4 is 10.5 Å². The van der Waals surface area contributed by atoms with Crippen molar-refractivity contribution in [2.24, 2.45) is 0 Å². The fourth-order valence-corrected chi connectivity index (χ4v) is 2.54. The molecule has 0 amide bonds. The van der Waals surface area contributed by atoms with Gasteiger partial charge in [0.1, 0.15) is 0 Å². The summed E-state index contributed by atoms with van der Waals surface area (Å²) < 4.78 is 7.95. The van der Waals surface area contributed by atoms with E-state index < -0.39 is 0 Å². The molecule has 21 heavy (non-hydrogen) atoms. The van der Waals surface area contributed by atoms with Gasteiger partial charge in [0.25, 0.3) is 0 Å². The predicted molar refractivity (Wildman–Crippen MR) is 84.1 cm³/mol. The number of nitrogens with zero attached hydrogens (tertiary/aromatic N) is 4. The third kappa shape index (κ3) is 2.69. The summed E-state index contributed by atoms with van der Waals surface area (Å²) in [4.78, 5) is 12.9. The molecule has 1 aromatic carbocycles. The highest BCUT2D eigenvalue weighted by Crippen LogP contribution is 2.25. The van der Waals surface area contributed by atoms with Crippen molar-refractivity contribution >= 4 is 32.9 Å². The van der Waals surface area contributed by atoms with Gasteiger partial charge in [-0.1, -0.05) is 30.3 Å². The first-order valence-corrected chi connectivity index (χ1v) is 7.34. The maximum atomic E-state index is 5.94. The standard InChI is InChI=1S/C14H14BrN5O/c1-2-21-14-18-11(16)10-12(19-14)20(13(15)17-10)8-9-6-4-3-5-7-9/h3-7H,2,8H2,1H3,(H2,16,18,19). The molecule has 0 aliphatic carbocycles. The van der Waals surface area contributed by atoms with Crippen LogP contribution in [0.5, 0.6) is 6.01 Å². The normalized spacial score (nSPS) is 11.0. The second kappa shape index (κ2) is 5.69. The molecule has 2 heterocycles. The average molecular weight is 348 g/mol.